The summed E-state index contributed by atoms with van der Waals surface area (Å²) in [6, 6.07) is 4.60. The van der Waals surface area contributed by atoms with Gasteiger partial charge in [0.25, 0.3) is 0 Å². The average molecular weight is 354 g/mol. The number of anilines is 1. The van der Waals surface area contributed by atoms with Gasteiger partial charge in [-0.3, -0.25) is 0 Å². The minimum Gasteiger partial charge on any atom is -0.345 e. The van der Waals surface area contributed by atoms with Crippen molar-refractivity contribution in [3.63, 3.8) is 0 Å². The molecule has 4 nitrogen and oxygen atoms in total. The Morgan fingerprint density at radius 3 is 2.40 bits per heavy atom. The van der Waals surface area contributed by atoms with Crippen molar-refractivity contribution >= 4 is 27.4 Å². The van der Waals surface area contributed by atoms with Crippen molar-refractivity contribution in [3.05, 3.63) is 40.5 Å². The first-order chi connectivity index (χ1) is 12.0. The van der Waals surface area contributed by atoms with Crippen LogP contribution in [0, 0.1) is 20.8 Å². The number of benzene rings is 1. The fourth-order valence-corrected chi connectivity index (χ4v) is 4.51. The van der Waals surface area contributed by atoms with Crippen LogP contribution in [0.3, 0.4) is 0 Å². The second-order valence-corrected chi connectivity index (χ2v) is 8.06. The number of aromatic nitrogens is 2. The van der Waals surface area contributed by atoms with Crippen molar-refractivity contribution in [2.45, 2.75) is 20.8 Å². The summed E-state index contributed by atoms with van der Waals surface area (Å²) in [6.07, 6.45) is 1.72. The molecule has 0 unspecified atom stereocenters. The number of hydrogen-bond acceptors (Lipinski definition) is 4. The van der Waals surface area contributed by atoms with Crippen LogP contribution >= 0.6 is 11.3 Å². The van der Waals surface area contributed by atoms with Crippen LogP contribution < -0.4 is 9.80 Å². The van der Waals surface area contributed by atoms with Gasteiger partial charge in [-0.2, -0.15) is 0 Å². The van der Waals surface area contributed by atoms with Crippen LogP contribution in [0.15, 0.2) is 23.8 Å². The summed E-state index contributed by atoms with van der Waals surface area (Å²) < 4.78 is 0. The Balaban J connectivity index is 1.86. The standard InChI is InChI=1S/C20H24N4S/c1-13-9-16(10-14(2)15(13)3)17-11-25-20-18(17)19(21-12-22-20)24-7-5-23(4)6-8-24/h9-12H,5-8H2,1-4H3/p+1. The molecule has 2 aromatic heterocycles. The third-order valence-electron chi connectivity index (χ3n) is 5.50. The van der Waals surface area contributed by atoms with E-state index in [0.717, 1.165) is 36.8 Å². The monoisotopic (exact) mass is 353 g/mol. The van der Waals surface area contributed by atoms with Crippen molar-refractivity contribution in [2.75, 3.05) is 38.1 Å². The number of hydrogen-bond donors (Lipinski definition) is 1. The van der Waals surface area contributed by atoms with Gasteiger partial charge >= 0.3 is 0 Å². The maximum absolute atomic E-state index is 4.69. The molecular weight excluding hydrogens is 328 g/mol. The maximum atomic E-state index is 4.69. The second-order valence-electron chi connectivity index (χ2n) is 7.21. The van der Waals surface area contributed by atoms with E-state index in [2.05, 4.69) is 60.2 Å². The largest absolute Gasteiger partial charge is 0.345 e. The molecule has 1 aromatic carbocycles. The Bertz CT molecular complexity index is 900. The molecule has 0 radical (unpaired) electrons. The van der Waals surface area contributed by atoms with E-state index in [-0.39, 0.29) is 0 Å². The highest BCUT2D eigenvalue weighted by atomic mass is 32.1. The lowest BCUT2D eigenvalue weighted by Gasteiger charge is -2.31. The summed E-state index contributed by atoms with van der Waals surface area (Å²) in [5.74, 6) is 1.10. The van der Waals surface area contributed by atoms with Crippen molar-refractivity contribution < 1.29 is 4.90 Å². The minimum atomic E-state index is 1.05. The van der Waals surface area contributed by atoms with Crippen molar-refractivity contribution in [1.29, 1.82) is 0 Å². The van der Waals surface area contributed by atoms with Gasteiger partial charge in [0.15, 0.2) is 0 Å². The van der Waals surface area contributed by atoms with Crippen LogP contribution in [-0.2, 0) is 0 Å². The van der Waals surface area contributed by atoms with E-state index in [4.69, 9.17) is 0 Å². The number of quaternary nitrogens is 1. The molecule has 25 heavy (non-hydrogen) atoms. The van der Waals surface area contributed by atoms with Crippen LogP contribution in [0.2, 0.25) is 0 Å². The van der Waals surface area contributed by atoms with E-state index in [0.29, 0.717) is 0 Å². The predicted octanol–water partition coefficient (Wildman–Crippen LogP) is 2.62. The highest BCUT2D eigenvalue weighted by Crippen LogP contribution is 2.38. The lowest BCUT2D eigenvalue weighted by molar-refractivity contribution is -0.880. The molecule has 3 heterocycles. The number of likely N-dealkylation sites (N-methyl/N-ethyl adjacent to an activating group) is 1. The molecule has 1 fully saturated rings. The van der Waals surface area contributed by atoms with Crippen molar-refractivity contribution in [3.8, 4) is 11.1 Å². The molecule has 0 saturated carbocycles. The molecule has 0 bridgehead atoms. The summed E-state index contributed by atoms with van der Waals surface area (Å²) in [7, 11) is 2.26. The third-order valence-corrected chi connectivity index (χ3v) is 6.39. The van der Waals surface area contributed by atoms with Gasteiger partial charge < -0.3 is 9.80 Å². The molecule has 0 amide bonds. The molecule has 1 aliphatic rings. The molecular formula is C20H25N4S+. The number of nitrogens with zero attached hydrogens (tertiary/aromatic N) is 3. The van der Waals surface area contributed by atoms with Crippen molar-refractivity contribution in [1.82, 2.24) is 9.97 Å². The first-order valence-electron chi connectivity index (χ1n) is 8.91. The first kappa shape index (κ1) is 16.5. The number of aryl methyl sites for hydroxylation is 2. The quantitative estimate of drug-likeness (QED) is 0.769. The molecule has 1 aliphatic heterocycles. The zero-order chi connectivity index (χ0) is 17.6. The first-order valence-corrected chi connectivity index (χ1v) is 9.79. The number of rotatable bonds is 2. The maximum Gasteiger partial charge on any atom is 0.141 e. The SMILES string of the molecule is Cc1cc(-c2csc3ncnc(N4CC[NH+](C)CC4)c23)cc(C)c1C. The van der Waals surface area contributed by atoms with E-state index in [1.54, 1.807) is 22.6 Å². The number of thiophene rings is 1. The number of nitrogens with one attached hydrogen (secondary N) is 1. The predicted molar refractivity (Wildman–Crippen MR) is 106 cm³/mol. The zero-order valence-corrected chi connectivity index (χ0v) is 16.2. The summed E-state index contributed by atoms with van der Waals surface area (Å²) >= 11 is 1.72. The Kier molecular flexibility index (Phi) is 4.21. The molecule has 5 heteroatoms. The number of piperazine rings is 1. The van der Waals surface area contributed by atoms with Crippen LogP contribution in [0.5, 0.6) is 0 Å². The topological polar surface area (TPSA) is 33.5 Å². The fourth-order valence-electron chi connectivity index (χ4n) is 3.60. The van der Waals surface area contributed by atoms with Gasteiger partial charge in [0.2, 0.25) is 0 Å². The van der Waals surface area contributed by atoms with Gasteiger partial charge in [0, 0.05) is 10.9 Å². The van der Waals surface area contributed by atoms with E-state index in [9.17, 15) is 0 Å². The molecule has 0 spiro atoms. The van der Waals surface area contributed by atoms with Crippen LogP contribution in [-0.4, -0.2) is 43.2 Å². The molecule has 1 saturated heterocycles. The summed E-state index contributed by atoms with van der Waals surface area (Å²) in [6.45, 7) is 11.0. The van der Waals surface area contributed by atoms with Gasteiger partial charge in [0.05, 0.1) is 38.6 Å². The smallest absolute Gasteiger partial charge is 0.141 e. The summed E-state index contributed by atoms with van der Waals surface area (Å²) in [5.41, 5.74) is 6.62. The third kappa shape index (κ3) is 2.92. The Morgan fingerprint density at radius 2 is 1.72 bits per heavy atom. The normalized spacial score (nSPS) is 15.9. The lowest BCUT2D eigenvalue weighted by atomic mass is 9.96. The van der Waals surface area contributed by atoms with Crippen LogP contribution in [0.4, 0.5) is 5.82 Å². The van der Waals surface area contributed by atoms with E-state index in [1.165, 1.54) is 33.2 Å². The van der Waals surface area contributed by atoms with Gasteiger partial charge in [-0.1, -0.05) is 12.1 Å². The minimum absolute atomic E-state index is 1.05. The average Bonchev–Trinajstić information content (AvgIpc) is 3.04. The summed E-state index contributed by atoms with van der Waals surface area (Å²) in [5, 5.41) is 3.46. The highest BCUT2D eigenvalue weighted by molar-refractivity contribution is 7.17. The molecule has 4 rings (SSSR count). The van der Waals surface area contributed by atoms with Crippen LogP contribution in [0.1, 0.15) is 16.7 Å². The van der Waals surface area contributed by atoms with Gasteiger partial charge in [-0.05, 0) is 43.0 Å². The van der Waals surface area contributed by atoms with Gasteiger partial charge in [0.1, 0.15) is 17.0 Å². The Morgan fingerprint density at radius 1 is 1.04 bits per heavy atom. The summed E-state index contributed by atoms with van der Waals surface area (Å²) in [4.78, 5) is 14.3. The molecule has 0 aliphatic carbocycles. The van der Waals surface area contributed by atoms with Crippen LogP contribution in [0.25, 0.3) is 21.3 Å². The zero-order valence-electron chi connectivity index (χ0n) is 15.4. The van der Waals surface area contributed by atoms with Gasteiger partial charge in [-0.15, -0.1) is 11.3 Å². The molecule has 0 atom stereocenters. The van der Waals surface area contributed by atoms with E-state index in [1.807, 2.05) is 0 Å². The molecule has 1 N–H and O–H groups in total. The fraction of sp³-hybridized carbons (Fsp3) is 0.400. The van der Waals surface area contributed by atoms with E-state index >= 15 is 0 Å². The van der Waals surface area contributed by atoms with Gasteiger partial charge in [-0.25, -0.2) is 9.97 Å². The number of fused-ring (bicyclic) bond motifs is 1. The Labute approximate surface area is 153 Å². The van der Waals surface area contributed by atoms with Crippen molar-refractivity contribution in [2.24, 2.45) is 0 Å². The second kappa shape index (κ2) is 6.39. The molecule has 3 aromatic rings. The van der Waals surface area contributed by atoms with E-state index < -0.39 is 0 Å². The lowest BCUT2D eigenvalue weighted by Crippen LogP contribution is -3.12. The highest BCUT2D eigenvalue weighted by Gasteiger charge is 2.22. The molecule has 130 valence electrons. The Hall–Kier alpha value is -1.98.